The van der Waals surface area contributed by atoms with E-state index in [4.69, 9.17) is 14.0 Å². The van der Waals surface area contributed by atoms with E-state index in [2.05, 4.69) is 35.0 Å². The highest BCUT2D eigenvalue weighted by molar-refractivity contribution is 5.33. The van der Waals surface area contributed by atoms with Crippen molar-refractivity contribution in [1.29, 1.82) is 0 Å². The molecule has 0 amide bonds. The Bertz CT molecular complexity index is 665. The molecule has 25 heavy (non-hydrogen) atoms. The Balaban J connectivity index is 1.73. The molecule has 1 aromatic carbocycles. The van der Waals surface area contributed by atoms with Crippen LogP contribution in [0.4, 0.5) is 0 Å². The highest BCUT2D eigenvalue weighted by Crippen LogP contribution is 2.22. The molecule has 6 heteroatoms. The summed E-state index contributed by atoms with van der Waals surface area (Å²) < 4.78 is 16.8. The largest absolute Gasteiger partial charge is 0.496 e. The lowest BCUT2D eigenvalue weighted by Crippen LogP contribution is -2.31. The van der Waals surface area contributed by atoms with Gasteiger partial charge in [-0.1, -0.05) is 37.2 Å². The van der Waals surface area contributed by atoms with Gasteiger partial charge in [0.05, 0.1) is 19.8 Å². The lowest BCUT2D eigenvalue weighted by Gasteiger charge is -2.24. The first-order chi connectivity index (χ1) is 12.2. The van der Waals surface area contributed by atoms with Gasteiger partial charge in [-0.15, -0.1) is 0 Å². The normalized spacial score (nSPS) is 17.6. The Hall–Kier alpha value is -1.92. The molecule has 1 saturated heterocycles. The van der Waals surface area contributed by atoms with Crippen LogP contribution in [0.25, 0.3) is 0 Å². The summed E-state index contributed by atoms with van der Waals surface area (Å²) in [4.78, 5) is 6.81. The number of hydrogen-bond acceptors (Lipinski definition) is 6. The van der Waals surface area contributed by atoms with Gasteiger partial charge >= 0.3 is 0 Å². The highest BCUT2D eigenvalue weighted by atomic mass is 16.5. The molecule has 0 N–H and O–H groups in total. The second-order valence-electron chi connectivity index (χ2n) is 6.82. The molecule has 2 aromatic rings. The van der Waals surface area contributed by atoms with Crippen LogP contribution in [0.2, 0.25) is 0 Å². The third-order valence-corrected chi connectivity index (χ3v) is 4.43. The Labute approximate surface area is 149 Å². The summed E-state index contributed by atoms with van der Waals surface area (Å²) in [6.07, 6.45) is 2.50. The van der Waals surface area contributed by atoms with Crippen LogP contribution in [0.15, 0.2) is 28.8 Å². The summed E-state index contributed by atoms with van der Waals surface area (Å²) in [5.41, 5.74) is 1.14. The van der Waals surface area contributed by atoms with Crippen molar-refractivity contribution >= 4 is 0 Å². The number of nitrogens with zero attached hydrogens (tertiary/aromatic N) is 3. The molecule has 0 spiro atoms. The van der Waals surface area contributed by atoms with E-state index in [1.165, 1.54) is 0 Å². The predicted octanol–water partition coefficient (Wildman–Crippen LogP) is 3.38. The lowest BCUT2D eigenvalue weighted by atomic mass is 10.1. The van der Waals surface area contributed by atoms with Gasteiger partial charge in [-0.3, -0.25) is 4.90 Å². The van der Waals surface area contributed by atoms with Gasteiger partial charge in [0.25, 0.3) is 0 Å². The third kappa shape index (κ3) is 4.80. The van der Waals surface area contributed by atoms with Gasteiger partial charge in [-0.25, -0.2) is 0 Å². The molecule has 6 nitrogen and oxygen atoms in total. The molecule has 0 bridgehead atoms. The van der Waals surface area contributed by atoms with Crippen LogP contribution in [0.5, 0.6) is 5.75 Å². The zero-order chi connectivity index (χ0) is 17.6. The van der Waals surface area contributed by atoms with Crippen molar-refractivity contribution in [2.75, 3.05) is 20.3 Å². The molecule has 1 atom stereocenters. The maximum absolute atomic E-state index is 5.82. The van der Waals surface area contributed by atoms with Gasteiger partial charge in [-0.2, -0.15) is 4.98 Å². The molecule has 2 heterocycles. The van der Waals surface area contributed by atoms with Gasteiger partial charge in [0.2, 0.25) is 5.89 Å². The quantitative estimate of drug-likeness (QED) is 0.731. The molecule has 1 fully saturated rings. The second-order valence-corrected chi connectivity index (χ2v) is 6.82. The average molecular weight is 345 g/mol. The van der Waals surface area contributed by atoms with Crippen LogP contribution in [-0.2, 0) is 17.8 Å². The van der Waals surface area contributed by atoms with Crippen LogP contribution < -0.4 is 4.74 Å². The van der Waals surface area contributed by atoms with Crippen molar-refractivity contribution < 1.29 is 14.0 Å². The minimum Gasteiger partial charge on any atom is -0.496 e. The van der Waals surface area contributed by atoms with Crippen LogP contribution in [0.1, 0.15) is 49.9 Å². The van der Waals surface area contributed by atoms with Gasteiger partial charge < -0.3 is 14.0 Å². The van der Waals surface area contributed by atoms with E-state index in [1.807, 2.05) is 18.2 Å². The number of methoxy groups -OCH3 is 1. The summed E-state index contributed by atoms with van der Waals surface area (Å²) in [6.45, 7) is 7.19. The third-order valence-electron chi connectivity index (χ3n) is 4.43. The van der Waals surface area contributed by atoms with Crippen molar-refractivity contribution in [2.45, 2.75) is 51.8 Å². The summed E-state index contributed by atoms with van der Waals surface area (Å²) in [7, 11) is 1.70. The molecular formula is C19H27N3O3. The zero-order valence-corrected chi connectivity index (χ0v) is 15.3. The maximum Gasteiger partial charge on any atom is 0.240 e. The molecular weight excluding hydrogens is 318 g/mol. The molecule has 0 aliphatic carbocycles. The average Bonchev–Trinajstić information content (AvgIpc) is 3.27. The predicted molar refractivity (Wildman–Crippen MR) is 94.5 cm³/mol. The van der Waals surface area contributed by atoms with E-state index in [0.29, 0.717) is 12.4 Å². The molecule has 1 aliphatic rings. The number of hydrogen-bond donors (Lipinski definition) is 0. The van der Waals surface area contributed by atoms with Crippen LogP contribution in [0, 0.1) is 0 Å². The minimum atomic E-state index is 0.262. The SMILES string of the molecule is COc1ccccc1CN(Cc1nc(C(C)C)no1)CC1CCCO1. The zero-order valence-electron chi connectivity index (χ0n) is 15.3. The van der Waals surface area contributed by atoms with Crippen molar-refractivity contribution in [3.8, 4) is 5.75 Å². The van der Waals surface area contributed by atoms with Crippen molar-refractivity contribution in [3.63, 3.8) is 0 Å². The van der Waals surface area contributed by atoms with E-state index < -0.39 is 0 Å². The number of ether oxygens (including phenoxy) is 2. The van der Waals surface area contributed by atoms with Crippen LogP contribution in [0.3, 0.4) is 0 Å². The second kappa shape index (κ2) is 8.45. The van der Waals surface area contributed by atoms with Crippen molar-refractivity contribution in [3.05, 3.63) is 41.5 Å². The molecule has 3 rings (SSSR count). The van der Waals surface area contributed by atoms with Crippen LogP contribution in [-0.4, -0.2) is 41.4 Å². The molecule has 1 aromatic heterocycles. The monoisotopic (exact) mass is 345 g/mol. The summed E-state index contributed by atoms with van der Waals surface area (Å²) >= 11 is 0. The van der Waals surface area contributed by atoms with E-state index in [9.17, 15) is 0 Å². The van der Waals surface area contributed by atoms with E-state index in [1.54, 1.807) is 7.11 Å². The topological polar surface area (TPSA) is 60.6 Å². The fraction of sp³-hybridized carbons (Fsp3) is 0.579. The Morgan fingerprint density at radius 1 is 1.28 bits per heavy atom. The van der Waals surface area contributed by atoms with E-state index in [-0.39, 0.29) is 12.0 Å². The number of aromatic nitrogens is 2. The van der Waals surface area contributed by atoms with Crippen molar-refractivity contribution in [2.24, 2.45) is 0 Å². The lowest BCUT2D eigenvalue weighted by molar-refractivity contribution is 0.0637. The Morgan fingerprint density at radius 2 is 2.12 bits per heavy atom. The molecule has 0 saturated carbocycles. The van der Waals surface area contributed by atoms with E-state index >= 15 is 0 Å². The summed E-state index contributed by atoms with van der Waals surface area (Å²) in [6, 6.07) is 8.10. The molecule has 136 valence electrons. The van der Waals surface area contributed by atoms with Crippen molar-refractivity contribution in [1.82, 2.24) is 15.0 Å². The molecule has 1 aliphatic heterocycles. The Morgan fingerprint density at radius 3 is 2.80 bits per heavy atom. The molecule has 0 radical (unpaired) electrons. The highest BCUT2D eigenvalue weighted by Gasteiger charge is 2.22. The van der Waals surface area contributed by atoms with Crippen LogP contribution >= 0.6 is 0 Å². The smallest absolute Gasteiger partial charge is 0.240 e. The fourth-order valence-corrected chi connectivity index (χ4v) is 3.09. The van der Waals surface area contributed by atoms with Gasteiger partial charge in [-0.05, 0) is 18.9 Å². The minimum absolute atomic E-state index is 0.262. The maximum atomic E-state index is 5.82. The van der Waals surface area contributed by atoms with Gasteiger partial charge in [0, 0.05) is 31.2 Å². The summed E-state index contributed by atoms with van der Waals surface area (Å²) in [5, 5.41) is 4.07. The van der Waals surface area contributed by atoms with E-state index in [0.717, 1.165) is 49.7 Å². The first-order valence-electron chi connectivity index (χ1n) is 8.94. The Kier molecular flexibility index (Phi) is 6.04. The number of rotatable bonds is 8. The fourth-order valence-electron chi connectivity index (χ4n) is 3.09. The first-order valence-corrected chi connectivity index (χ1v) is 8.94. The molecule has 1 unspecified atom stereocenters. The number of para-hydroxylation sites is 1. The van der Waals surface area contributed by atoms with Gasteiger partial charge in [0.15, 0.2) is 5.82 Å². The first kappa shape index (κ1) is 17.9. The number of benzene rings is 1. The standard InChI is InChI=1S/C19H27N3O3/c1-14(2)19-20-18(25-21-19)13-22(12-16-8-6-10-24-16)11-15-7-4-5-9-17(15)23-3/h4-5,7,9,14,16H,6,8,10-13H2,1-3H3. The summed E-state index contributed by atoms with van der Waals surface area (Å²) in [5.74, 6) is 2.56. The van der Waals surface area contributed by atoms with Gasteiger partial charge in [0.1, 0.15) is 5.75 Å².